The molecule has 1 heterocycles. The van der Waals surface area contributed by atoms with Crippen LogP contribution in [0.15, 0.2) is 54.7 Å². The predicted molar refractivity (Wildman–Crippen MR) is 95.9 cm³/mol. The van der Waals surface area contributed by atoms with Crippen molar-refractivity contribution in [2.45, 2.75) is 26.1 Å². The van der Waals surface area contributed by atoms with E-state index in [-0.39, 0.29) is 6.10 Å². The SMILES string of the molecule is CC(O)CNCc1cn(Cc2ccccc2Cl)c2ccccc12. The number of rotatable bonds is 6. The molecule has 0 bridgehead atoms. The number of hydrogen-bond donors (Lipinski definition) is 2. The summed E-state index contributed by atoms with van der Waals surface area (Å²) in [5.41, 5.74) is 3.54. The van der Waals surface area contributed by atoms with Gasteiger partial charge in [0.15, 0.2) is 0 Å². The average molecular weight is 329 g/mol. The molecule has 2 N–H and O–H groups in total. The maximum Gasteiger partial charge on any atom is 0.0636 e. The van der Waals surface area contributed by atoms with E-state index in [1.54, 1.807) is 6.92 Å². The molecule has 4 heteroatoms. The molecular weight excluding hydrogens is 308 g/mol. The molecule has 120 valence electrons. The fraction of sp³-hybridized carbons (Fsp3) is 0.263. The Hall–Kier alpha value is -1.81. The number of aliphatic hydroxyl groups is 1. The molecule has 0 saturated heterocycles. The molecule has 0 fully saturated rings. The lowest BCUT2D eigenvalue weighted by Gasteiger charge is -2.07. The second kappa shape index (κ2) is 7.18. The number of nitrogens with zero attached hydrogens (tertiary/aromatic N) is 1. The number of fused-ring (bicyclic) bond motifs is 1. The normalized spacial score (nSPS) is 12.7. The van der Waals surface area contributed by atoms with Gasteiger partial charge >= 0.3 is 0 Å². The molecule has 0 radical (unpaired) electrons. The van der Waals surface area contributed by atoms with E-state index in [0.717, 1.165) is 23.7 Å². The smallest absolute Gasteiger partial charge is 0.0636 e. The van der Waals surface area contributed by atoms with Gasteiger partial charge in [0.05, 0.1) is 6.10 Å². The summed E-state index contributed by atoms with van der Waals surface area (Å²) in [6, 6.07) is 16.3. The summed E-state index contributed by atoms with van der Waals surface area (Å²) in [4.78, 5) is 0. The Morgan fingerprint density at radius 1 is 1.09 bits per heavy atom. The number of aliphatic hydroxyl groups excluding tert-OH is 1. The molecule has 0 saturated carbocycles. The maximum absolute atomic E-state index is 9.39. The minimum absolute atomic E-state index is 0.341. The van der Waals surface area contributed by atoms with Gasteiger partial charge in [0.25, 0.3) is 0 Å². The molecule has 2 aromatic carbocycles. The monoisotopic (exact) mass is 328 g/mol. The quantitative estimate of drug-likeness (QED) is 0.722. The van der Waals surface area contributed by atoms with Gasteiger partial charge in [-0.25, -0.2) is 0 Å². The minimum Gasteiger partial charge on any atom is -0.392 e. The van der Waals surface area contributed by atoms with Crippen molar-refractivity contribution in [1.82, 2.24) is 9.88 Å². The maximum atomic E-state index is 9.39. The van der Waals surface area contributed by atoms with Crippen LogP contribution in [0.5, 0.6) is 0 Å². The van der Waals surface area contributed by atoms with Crippen LogP contribution in [0.4, 0.5) is 0 Å². The van der Waals surface area contributed by atoms with Crippen molar-refractivity contribution in [3.05, 3.63) is 70.9 Å². The first-order chi connectivity index (χ1) is 11.1. The Labute approximate surface area is 141 Å². The number of para-hydroxylation sites is 1. The van der Waals surface area contributed by atoms with Crippen molar-refractivity contribution in [2.75, 3.05) is 6.54 Å². The number of hydrogen-bond acceptors (Lipinski definition) is 2. The first-order valence-corrected chi connectivity index (χ1v) is 8.22. The third kappa shape index (κ3) is 3.75. The van der Waals surface area contributed by atoms with Gasteiger partial charge in [-0.05, 0) is 30.2 Å². The number of halogens is 1. The lowest BCUT2D eigenvalue weighted by Crippen LogP contribution is -2.23. The van der Waals surface area contributed by atoms with Crippen molar-refractivity contribution in [1.29, 1.82) is 0 Å². The summed E-state index contributed by atoms with van der Waals surface area (Å²) >= 11 is 6.30. The van der Waals surface area contributed by atoms with Crippen LogP contribution in [0.25, 0.3) is 10.9 Å². The van der Waals surface area contributed by atoms with E-state index in [0.29, 0.717) is 6.54 Å². The third-order valence-corrected chi connectivity index (χ3v) is 4.29. The van der Waals surface area contributed by atoms with Gasteiger partial charge < -0.3 is 15.0 Å². The topological polar surface area (TPSA) is 37.2 Å². The molecule has 0 aliphatic rings. The second-order valence-corrected chi connectivity index (χ2v) is 6.28. The van der Waals surface area contributed by atoms with E-state index >= 15 is 0 Å². The van der Waals surface area contributed by atoms with Gasteiger partial charge in [-0.3, -0.25) is 0 Å². The Kier molecular flexibility index (Phi) is 5.01. The predicted octanol–water partition coefficient (Wildman–Crippen LogP) is 3.81. The number of nitrogens with one attached hydrogen (secondary N) is 1. The van der Waals surface area contributed by atoms with Crippen molar-refractivity contribution in [3.8, 4) is 0 Å². The van der Waals surface area contributed by atoms with Crippen LogP contribution in [-0.4, -0.2) is 22.3 Å². The summed E-state index contributed by atoms with van der Waals surface area (Å²) in [7, 11) is 0. The summed E-state index contributed by atoms with van der Waals surface area (Å²) in [6.45, 7) is 3.86. The Morgan fingerprint density at radius 3 is 2.61 bits per heavy atom. The zero-order valence-electron chi connectivity index (χ0n) is 13.2. The first-order valence-electron chi connectivity index (χ1n) is 7.84. The van der Waals surface area contributed by atoms with Crippen LogP contribution in [0.1, 0.15) is 18.1 Å². The fourth-order valence-corrected chi connectivity index (χ4v) is 3.02. The molecule has 0 aliphatic carbocycles. The summed E-state index contributed by atoms with van der Waals surface area (Å²) in [5, 5.41) is 14.7. The highest BCUT2D eigenvalue weighted by atomic mass is 35.5. The van der Waals surface area contributed by atoms with Crippen LogP contribution in [0.2, 0.25) is 5.02 Å². The Morgan fingerprint density at radius 2 is 1.83 bits per heavy atom. The van der Waals surface area contributed by atoms with Crippen molar-refractivity contribution in [2.24, 2.45) is 0 Å². The fourth-order valence-electron chi connectivity index (χ4n) is 2.82. The van der Waals surface area contributed by atoms with E-state index in [1.165, 1.54) is 16.5 Å². The van der Waals surface area contributed by atoms with E-state index in [4.69, 9.17) is 11.6 Å². The van der Waals surface area contributed by atoms with Crippen LogP contribution in [0, 0.1) is 0 Å². The highest BCUT2D eigenvalue weighted by Crippen LogP contribution is 2.24. The van der Waals surface area contributed by atoms with E-state index in [9.17, 15) is 5.11 Å². The summed E-state index contributed by atoms with van der Waals surface area (Å²) < 4.78 is 2.23. The molecular formula is C19H21ClN2O. The third-order valence-electron chi connectivity index (χ3n) is 3.92. The molecule has 0 amide bonds. The molecule has 3 nitrogen and oxygen atoms in total. The van der Waals surface area contributed by atoms with E-state index < -0.39 is 0 Å². The van der Waals surface area contributed by atoms with Gasteiger partial charge in [0.1, 0.15) is 0 Å². The number of benzene rings is 2. The summed E-state index contributed by atoms with van der Waals surface area (Å²) in [6.07, 6.45) is 1.83. The molecule has 3 rings (SSSR count). The molecule has 1 atom stereocenters. The summed E-state index contributed by atoms with van der Waals surface area (Å²) in [5.74, 6) is 0. The highest BCUT2D eigenvalue weighted by Gasteiger charge is 2.09. The zero-order chi connectivity index (χ0) is 16.2. The molecule has 3 aromatic rings. The van der Waals surface area contributed by atoms with Gasteiger partial charge in [-0.1, -0.05) is 48.0 Å². The van der Waals surface area contributed by atoms with Gasteiger partial charge in [-0.15, -0.1) is 0 Å². The average Bonchev–Trinajstić information content (AvgIpc) is 2.88. The minimum atomic E-state index is -0.341. The lowest BCUT2D eigenvalue weighted by molar-refractivity contribution is 0.191. The van der Waals surface area contributed by atoms with Gasteiger partial charge in [-0.2, -0.15) is 0 Å². The molecule has 0 spiro atoms. The van der Waals surface area contributed by atoms with Crippen molar-refractivity contribution < 1.29 is 5.11 Å². The molecule has 1 unspecified atom stereocenters. The van der Waals surface area contributed by atoms with Crippen LogP contribution >= 0.6 is 11.6 Å². The molecule has 23 heavy (non-hydrogen) atoms. The number of aromatic nitrogens is 1. The standard InChI is InChI=1S/C19H21ClN2O/c1-14(23)10-21-11-16-13-22(19-9-5-3-7-17(16)19)12-15-6-2-4-8-18(15)20/h2-9,13-14,21,23H,10-12H2,1H3. The van der Waals surface area contributed by atoms with Gasteiger partial charge in [0.2, 0.25) is 0 Å². The highest BCUT2D eigenvalue weighted by molar-refractivity contribution is 6.31. The molecule has 0 aliphatic heterocycles. The van der Waals surface area contributed by atoms with Crippen LogP contribution < -0.4 is 5.32 Å². The van der Waals surface area contributed by atoms with E-state index in [2.05, 4.69) is 46.4 Å². The zero-order valence-corrected chi connectivity index (χ0v) is 13.9. The Balaban J connectivity index is 1.90. The second-order valence-electron chi connectivity index (χ2n) is 5.87. The Bertz CT molecular complexity index is 795. The van der Waals surface area contributed by atoms with Crippen molar-refractivity contribution >= 4 is 22.5 Å². The van der Waals surface area contributed by atoms with Crippen LogP contribution in [0.3, 0.4) is 0 Å². The molecule has 1 aromatic heterocycles. The van der Waals surface area contributed by atoms with Crippen LogP contribution in [-0.2, 0) is 13.1 Å². The lowest BCUT2D eigenvalue weighted by atomic mass is 10.2. The largest absolute Gasteiger partial charge is 0.392 e. The van der Waals surface area contributed by atoms with Crippen molar-refractivity contribution in [3.63, 3.8) is 0 Å². The first kappa shape index (κ1) is 16.1. The van der Waals surface area contributed by atoms with Gasteiger partial charge in [0, 0.05) is 41.8 Å². The van der Waals surface area contributed by atoms with E-state index in [1.807, 2.05) is 18.2 Å².